The highest BCUT2D eigenvalue weighted by Gasteiger charge is 2.27. The molecule has 1 aromatic heterocycles. The zero-order valence-corrected chi connectivity index (χ0v) is 20.4. The van der Waals surface area contributed by atoms with E-state index in [2.05, 4.69) is 0 Å². The maximum Gasteiger partial charge on any atom is 0.323 e. The fourth-order valence-electron chi connectivity index (χ4n) is 3.94. The molecule has 1 atom stereocenters. The Labute approximate surface area is 208 Å². The number of carboxylic acids is 1. The highest BCUT2D eigenvalue weighted by Crippen LogP contribution is 2.33. The molecule has 0 amide bonds. The second kappa shape index (κ2) is 11.9. The van der Waals surface area contributed by atoms with Crippen molar-refractivity contribution in [2.24, 2.45) is 0 Å². The third kappa shape index (κ3) is 6.44. The van der Waals surface area contributed by atoms with Gasteiger partial charge in [-0.25, -0.2) is 0 Å². The topological polar surface area (TPSA) is 124 Å². The van der Waals surface area contributed by atoms with Crippen LogP contribution in [0.25, 0.3) is 0 Å². The molecule has 0 radical (unpaired) electrons. The van der Waals surface area contributed by atoms with Crippen LogP contribution in [0.5, 0.6) is 17.2 Å². The quantitative estimate of drug-likeness (QED) is 0.389. The van der Waals surface area contributed by atoms with Gasteiger partial charge in [0.05, 0.1) is 32.8 Å². The number of aryl methyl sites for hydroxylation is 1. The summed E-state index contributed by atoms with van der Waals surface area (Å²) in [5.41, 5.74) is 1.21. The van der Waals surface area contributed by atoms with E-state index in [1.165, 1.54) is 20.1 Å². The smallest absolute Gasteiger partial charge is 0.323 e. The van der Waals surface area contributed by atoms with Crippen LogP contribution >= 0.6 is 0 Å². The van der Waals surface area contributed by atoms with Gasteiger partial charge in [-0.05, 0) is 48.4 Å². The van der Waals surface area contributed by atoms with Crippen molar-refractivity contribution in [3.05, 3.63) is 87.3 Å². The predicted octanol–water partition coefficient (Wildman–Crippen LogP) is 3.27. The standard InChI is InChI=1S/C27H29NO8/c1-17-14-23(29)26(27(33)28(17)16-24(30)31)22(15-25(32)35-3)19-6-10-21(11-7-19)36-13-12-18-4-8-20(34-2)9-5-18/h4-11,14,22,29H,12-13,15-16H2,1-3H3,(H,30,31). The Balaban J connectivity index is 1.84. The number of carbonyl (C=O) groups is 2. The number of methoxy groups -OCH3 is 2. The summed E-state index contributed by atoms with van der Waals surface area (Å²) in [7, 11) is 2.85. The molecular formula is C27H29NO8. The zero-order valence-electron chi connectivity index (χ0n) is 20.4. The van der Waals surface area contributed by atoms with Gasteiger partial charge < -0.3 is 29.0 Å². The predicted molar refractivity (Wildman–Crippen MR) is 132 cm³/mol. The molecule has 190 valence electrons. The van der Waals surface area contributed by atoms with Crippen molar-refractivity contribution in [3.8, 4) is 17.2 Å². The van der Waals surface area contributed by atoms with E-state index in [1.54, 1.807) is 31.4 Å². The molecule has 36 heavy (non-hydrogen) atoms. The Bertz CT molecular complexity index is 1260. The number of esters is 1. The zero-order chi connectivity index (χ0) is 26.2. The van der Waals surface area contributed by atoms with Crippen molar-refractivity contribution in [1.29, 1.82) is 0 Å². The highest BCUT2D eigenvalue weighted by molar-refractivity contribution is 5.72. The highest BCUT2D eigenvalue weighted by atomic mass is 16.5. The Morgan fingerprint density at radius 2 is 1.64 bits per heavy atom. The molecule has 2 aromatic carbocycles. The number of hydrogen-bond donors (Lipinski definition) is 2. The molecule has 0 spiro atoms. The molecule has 0 saturated heterocycles. The molecule has 0 saturated carbocycles. The maximum absolute atomic E-state index is 13.2. The normalized spacial score (nSPS) is 11.5. The van der Waals surface area contributed by atoms with E-state index in [0.29, 0.717) is 30.0 Å². The third-order valence-electron chi connectivity index (χ3n) is 5.86. The number of carboxylic acid groups (broad SMARTS) is 1. The molecule has 0 aliphatic carbocycles. The number of carbonyl (C=O) groups excluding carboxylic acids is 1. The number of nitrogens with zero attached hydrogens (tertiary/aromatic N) is 1. The second-order valence-electron chi connectivity index (χ2n) is 8.22. The first-order valence-electron chi connectivity index (χ1n) is 11.3. The first-order valence-corrected chi connectivity index (χ1v) is 11.3. The van der Waals surface area contributed by atoms with Gasteiger partial charge in [-0.15, -0.1) is 0 Å². The minimum Gasteiger partial charge on any atom is -0.507 e. The van der Waals surface area contributed by atoms with E-state index < -0.39 is 30.0 Å². The molecule has 1 heterocycles. The summed E-state index contributed by atoms with van der Waals surface area (Å²) in [5, 5.41) is 19.8. The van der Waals surface area contributed by atoms with Crippen LogP contribution in [-0.4, -0.2) is 47.5 Å². The van der Waals surface area contributed by atoms with Crippen LogP contribution in [0, 0.1) is 6.92 Å². The first kappa shape index (κ1) is 26.3. The number of hydrogen-bond acceptors (Lipinski definition) is 7. The summed E-state index contributed by atoms with van der Waals surface area (Å²) < 4.78 is 16.8. The van der Waals surface area contributed by atoms with E-state index >= 15 is 0 Å². The third-order valence-corrected chi connectivity index (χ3v) is 5.86. The lowest BCUT2D eigenvalue weighted by molar-refractivity contribution is -0.141. The number of pyridine rings is 1. The second-order valence-corrected chi connectivity index (χ2v) is 8.22. The molecule has 2 N–H and O–H groups in total. The van der Waals surface area contributed by atoms with Gasteiger partial charge in [0.25, 0.3) is 5.56 Å². The Morgan fingerprint density at radius 3 is 2.22 bits per heavy atom. The summed E-state index contributed by atoms with van der Waals surface area (Å²) in [6.07, 6.45) is 0.476. The van der Waals surface area contributed by atoms with E-state index in [4.69, 9.17) is 14.2 Å². The molecule has 1 unspecified atom stereocenters. The summed E-state index contributed by atoms with van der Waals surface area (Å²) in [6, 6.07) is 15.9. The van der Waals surface area contributed by atoms with Crippen LogP contribution in [0.15, 0.2) is 59.4 Å². The van der Waals surface area contributed by atoms with E-state index in [0.717, 1.165) is 15.9 Å². The Kier molecular flexibility index (Phi) is 8.72. The SMILES string of the molecule is COC(=O)CC(c1ccc(OCCc2ccc(OC)cc2)cc1)c1c(O)cc(C)n(CC(=O)O)c1=O. The molecule has 9 nitrogen and oxygen atoms in total. The van der Waals surface area contributed by atoms with Gasteiger partial charge in [0.1, 0.15) is 23.8 Å². The Hall–Kier alpha value is -4.27. The number of aromatic nitrogens is 1. The van der Waals surface area contributed by atoms with Gasteiger partial charge in [-0.2, -0.15) is 0 Å². The van der Waals surface area contributed by atoms with Crippen molar-refractivity contribution >= 4 is 11.9 Å². The average molecular weight is 496 g/mol. The van der Waals surface area contributed by atoms with Crippen molar-refractivity contribution in [2.75, 3.05) is 20.8 Å². The van der Waals surface area contributed by atoms with Crippen LogP contribution in [0.3, 0.4) is 0 Å². The lowest BCUT2D eigenvalue weighted by Gasteiger charge is -2.20. The van der Waals surface area contributed by atoms with Gasteiger partial charge in [0, 0.05) is 18.0 Å². The Morgan fingerprint density at radius 1 is 1.00 bits per heavy atom. The molecule has 0 aliphatic rings. The molecule has 3 rings (SSSR count). The lowest BCUT2D eigenvalue weighted by Crippen LogP contribution is -2.30. The molecule has 0 fully saturated rings. The van der Waals surface area contributed by atoms with Gasteiger partial charge in [-0.1, -0.05) is 24.3 Å². The van der Waals surface area contributed by atoms with Crippen LogP contribution in [0.2, 0.25) is 0 Å². The molecule has 0 bridgehead atoms. The summed E-state index contributed by atoms with van der Waals surface area (Å²) in [4.78, 5) is 36.6. The van der Waals surface area contributed by atoms with Crippen LogP contribution in [-0.2, 0) is 27.3 Å². The van der Waals surface area contributed by atoms with Gasteiger partial charge in [0.15, 0.2) is 0 Å². The number of aliphatic carboxylic acids is 1. The average Bonchev–Trinajstić information content (AvgIpc) is 2.86. The minimum absolute atomic E-state index is 0.0691. The maximum atomic E-state index is 13.2. The lowest BCUT2D eigenvalue weighted by atomic mass is 9.88. The fraction of sp³-hybridized carbons (Fsp3) is 0.296. The first-order chi connectivity index (χ1) is 17.2. The minimum atomic E-state index is -1.20. The number of rotatable bonds is 11. The van der Waals surface area contributed by atoms with Crippen molar-refractivity contribution < 1.29 is 34.0 Å². The van der Waals surface area contributed by atoms with E-state index in [1.807, 2.05) is 24.3 Å². The molecular weight excluding hydrogens is 466 g/mol. The molecule has 0 aliphatic heterocycles. The van der Waals surface area contributed by atoms with Gasteiger partial charge in [-0.3, -0.25) is 14.4 Å². The molecule has 3 aromatic rings. The van der Waals surface area contributed by atoms with Crippen molar-refractivity contribution in [2.45, 2.75) is 32.2 Å². The van der Waals surface area contributed by atoms with Gasteiger partial charge in [0.2, 0.25) is 0 Å². The summed E-state index contributed by atoms with van der Waals surface area (Å²) in [5.74, 6) is -1.56. The fourth-order valence-corrected chi connectivity index (χ4v) is 3.94. The van der Waals surface area contributed by atoms with Crippen molar-refractivity contribution in [1.82, 2.24) is 4.57 Å². The van der Waals surface area contributed by atoms with E-state index in [-0.39, 0.29) is 17.7 Å². The van der Waals surface area contributed by atoms with Gasteiger partial charge >= 0.3 is 11.9 Å². The van der Waals surface area contributed by atoms with Crippen LogP contribution in [0.1, 0.15) is 34.7 Å². The van der Waals surface area contributed by atoms with Crippen molar-refractivity contribution in [3.63, 3.8) is 0 Å². The summed E-state index contributed by atoms with van der Waals surface area (Å²) in [6.45, 7) is 1.40. The number of benzene rings is 2. The van der Waals surface area contributed by atoms with Crippen LogP contribution < -0.4 is 15.0 Å². The molecule has 9 heteroatoms. The monoisotopic (exact) mass is 495 g/mol. The van der Waals surface area contributed by atoms with E-state index in [9.17, 15) is 24.6 Å². The van der Waals surface area contributed by atoms with Crippen LogP contribution in [0.4, 0.5) is 0 Å². The summed E-state index contributed by atoms with van der Waals surface area (Å²) >= 11 is 0. The number of ether oxygens (including phenoxy) is 3. The largest absolute Gasteiger partial charge is 0.507 e. The number of aromatic hydroxyl groups is 1.